The third-order valence-electron chi connectivity index (χ3n) is 5.28. The molecule has 0 aromatic heterocycles. The summed E-state index contributed by atoms with van der Waals surface area (Å²) in [6.45, 7) is 3.96. The molecule has 1 N–H and O–H groups in total. The van der Waals surface area contributed by atoms with Crippen molar-refractivity contribution in [2.24, 2.45) is 0 Å². The Morgan fingerprint density at radius 2 is 1.92 bits per heavy atom. The number of ether oxygens (including phenoxy) is 1. The molecule has 0 bridgehead atoms. The predicted molar refractivity (Wildman–Crippen MR) is 102 cm³/mol. The fourth-order valence-corrected chi connectivity index (χ4v) is 4.14. The first-order chi connectivity index (χ1) is 12.7. The van der Waals surface area contributed by atoms with Crippen molar-refractivity contribution in [3.05, 3.63) is 65.2 Å². The average molecular weight is 350 g/mol. The molecule has 4 nitrogen and oxygen atoms in total. The highest BCUT2D eigenvalue weighted by atomic mass is 16.5. The van der Waals surface area contributed by atoms with Gasteiger partial charge in [-0.3, -0.25) is 9.69 Å². The number of nitrogens with one attached hydrogen (secondary N) is 1. The molecule has 0 radical (unpaired) electrons. The fraction of sp³-hybridized carbons (Fsp3) is 0.409. The minimum Gasteiger partial charge on any atom is -0.489 e. The van der Waals surface area contributed by atoms with E-state index in [0.717, 1.165) is 43.7 Å². The number of rotatable bonds is 3. The van der Waals surface area contributed by atoms with E-state index in [0.29, 0.717) is 6.54 Å². The molecule has 1 heterocycles. The van der Waals surface area contributed by atoms with Gasteiger partial charge in [-0.25, -0.2) is 0 Å². The van der Waals surface area contributed by atoms with Crippen molar-refractivity contribution in [3.63, 3.8) is 0 Å². The molecule has 26 heavy (non-hydrogen) atoms. The number of para-hydroxylation sites is 1. The fourth-order valence-electron chi connectivity index (χ4n) is 4.14. The van der Waals surface area contributed by atoms with Crippen LogP contribution in [0.5, 0.6) is 5.75 Å². The standard InChI is InChI=1S/C22H26N2O2/c1-16-13-24(14-18-8-3-5-12-21(18)26-16)15-22(25)23-20-11-6-9-17-7-2-4-10-19(17)20/h2-5,7-8,10,12,16,20H,6,9,11,13-15H2,1H3,(H,23,25)/t16-,20-/m1/s1. The summed E-state index contributed by atoms with van der Waals surface area (Å²) in [5, 5.41) is 3.26. The third-order valence-corrected chi connectivity index (χ3v) is 5.28. The summed E-state index contributed by atoms with van der Waals surface area (Å²) in [4.78, 5) is 14.9. The van der Waals surface area contributed by atoms with Crippen molar-refractivity contribution < 1.29 is 9.53 Å². The zero-order chi connectivity index (χ0) is 17.9. The zero-order valence-electron chi connectivity index (χ0n) is 15.3. The average Bonchev–Trinajstić information content (AvgIpc) is 2.79. The Kier molecular flexibility index (Phi) is 4.93. The van der Waals surface area contributed by atoms with E-state index in [2.05, 4.69) is 47.5 Å². The Hall–Kier alpha value is -2.33. The highest BCUT2D eigenvalue weighted by Gasteiger charge is 2.24. The van der Waals surface area contributed by atoms with E-state index in [1.54, 1.807) is 0 Å². The number of hydrogen-bond donors (Lipinski definition) is 1. The van der Waals surface area contributed by atoms with E-state index in [1.807, 2.05) is 18.2 Å². The van der Waals surface area contributed by atoms with Gasteiger partial charge >= 0.3 is 0 Å². The van der Waals surface area contributed by atoms with Crippen LogP contribution >= 0.6 is 0 Å². The van der Waals surface area contributed by atoms with Crippen LogP contribution in [0.2, 0.25) is 0 Å². The molecule has 136 valence electrons. The van der Waals surface area contributed by atoms with Gasteiger partial charge in [-0.2, -0.15) is 0 Å². The molecule has 2 atom stereocenters. The van der Waals surface area contributed by atoms with Crippen LogP contribution in [-0.4, -0.2) is 30.0 Å². The van der Waals surface area contributed by atoms with Gasteiger partial charge in [0.25, 0.3) is 0 Å². The van der Waals surface area contributed by atoms with Crippen LogP contribution in [0.25, 0.3) is 0 Å². The Labute approximate surface area is 155 Å². The summed E-state index contributed by atoms with van der Waals surface area (Å²) < 4.78 is 5.99. The molecule has 0 saturated heterocycles. The number of amides is 1. The maximum absolute atomic E-state index is 12.7. The number of nitrogens with zero attached hydrogens (tertiary/aromatic N) is 1. The summed E-state index contributed by atoms with van der Waals surface area (Å²) in [5.41, 5.74) is 3.80. The smallest absolute Gasteiger partial charge is 0.234 e. The molecule has 4 heteroatoms. The van der Waals surface area contributed by atoms with Crippen LogP contribution in [0, 0.1) is 0 Å². The van der Waals surface area contributed by atoms with E-state index >= 15 is 0 Å². The molecule has 1 aliphatic carbocycles. The Morgan fingerprint density at radius 1 is 1.15 bits per heavy atom. The zero-order valence-corrected chi connectivity index (χ0v) is 15.3. The van der Waals surface area contributed by atoms with Crippen LogP contribution < -0.4 is 10.1 Å². The lowest BCUT2D eigenvalue weighted by atomic mass is 9.88. The number of benzene rings is 2. The highest BCUT2D eigenvalue weighted by molar-refractivity contribution is 5.78. The summed E-state index contributed by atoms with van der Waals surface area (Å²) in [6.07, 6.45) is 3.33. The summed E-state index contributed by atoms with van der Waals surface area (Å²) in [5.74, 6) is 1.03. The molecular formula is C22H26N2O2. The first-order valence-corrected chi connectivity index (χ1v) is 9.53. The molecule has 0 fully saturated rings. The van der Waals surface area contributed by atoms with E-state index in [-0.39, 0.29) is 18.1 Å². The van der Waals surface area contributed by atoms with Crippen molar-refractivity contribution in [2.75, 3.05) is 13.1 Å². The van der Waals surface area contributed by atoms with Gasteiger partial charge in [0.15, 0.2) is 0 Å². The van der Waals surface area contributed by atoms with Gasteiger partial charge in [-0.05, 0) is 43.4 Å². The normalized spacial score (nSPS) is 22.5. The molecule has 4 rings (SSSR count). The minimum atomic E-state index is 0.0712. The van der Waals surface area contributed by atoms with Crippen molar-refractivity contribution in [3.8, 4) is 5.75 Å². The number of carbonyl (C=O) groups excluding carboxylic acids is 1. The lowest BCUT2D eigenvalue weighted by molar-refractivity contribution is -0.123. The molecule has 0 spiro atoms. The van der Waals surface area contributed by atoms with Gasteiger partial charge in [-0.1, -0.05) is 42.5 Å². The molecule has 2 aromatic rings. The molecule has 2 aromatic carbocycles. The van der Waals surface area contributed by atoms with Crippen molar-refractivity contribution in [1.29, 1.82) is 0 Å². The number of hydrogen-bond acceptors (Lipinski definition) is 3. The Bertz CT molecular complexity index is 789. The Morgan fingerprint density at radius 3 is 2.81 bits per heavy atom. The summed E-state index contributed by atoms with van der Waals surface area (Å²) in [7, 11) is 0. The first-order valence-electron chi connectivity index (χ1n) is 9.53. The summed E-state index contributed by atoms with van der Waals surface area (Å²) in [6, 6.07) is 16.7. The van der Waals surface area contributed by atoms with E-state index < -0.39 is 0 Å². The van der Waals surface area contributed by atoms with Crippen LogP contribution in [0.15, 0.2) is 48.5 Å². The lowest BCUT2D eigenvalue weighted by Gasteiger charge is -2.28. The second-order valence-electron chi connectivity index (χ2n) is 7.42. The van der Waals surface area contributed by atoms with Gasteiger partial charge < -0.3 is 10.1 Å². The second-order valence-corrected chi connectivity index (χ2v) is 7.42. The monoisotopic (exact) mass is 350 g/mol. The lowest BCUT2D eigenvalue weighted by Crippen LogP contribution is -2.41. The first kappa shape index (κ1) is 17.1. The van der Waals surface area contributed by atoms with Crippen molar-refractivity contribution >= 4 is 5.91 Å². The van der Waals surface area contributed by atoms with Gasteiger partial charge in [0.2, 0.25) is 5.91 Å². The van der Waals surface area contributed by atoms with Gasteiger partial charge in [-0.15, -0.1) is 0 Å². The van der Waals surface area contributed by atoms with Crippen LogP contribution in [0.4, 0.5) is 0 Å². The molecule has 0 saturated carbocycles. The summed E-state index contributed by atoms with van der Waals surface area (Å²) >= 11 is 0. The Balaban J connectivity index is 1.42. The predicted octanol–water partition coefficient (Wildman–Crippen LogP) is 3.46. The third kappa shape index (κ3) is 3.75. The number of fused-ring (bicyclic) bond motifs is 2. The molecule has 1 aliphatic heterocycles. The number of aryl methyl sites for hydroxylation is 1. The van der Waals surface area contributed by atoms with Gasteiger partial charge in [0.1, 0.15) is 11.9 Å². The highest BCUT2D eigenvalue weighted by Crippen LogP contribution is 2.29. The molecule has 2 aliphatic rings. The van der Waals surface area contributed by atoms with Crippen molar-refractivity contribution in [2.45, 2.75) is 44.9 Å². The maximum Gasteiger partial charge on any atom is 0.234 e. The quantitative estimate of drug-likeness (QED) is 0.922. The van der Waals surface area contributed by atoms with Crippen LogP contribution in [-0.2, 0) is 17.8 Å². The van der Waals surface area contributed by atoms with Gasteiger partial charge in [0.05, 0.1) is 12.6 Å². The van der Waals surface area contributed by atoms with E-state index in [9.17, 15) is 4.79 Å². The van der Waals surface area contributed by atoms with Gasteiger partial charge in [0, 0.05) is 18.7 Å². The maximum atomic E-state index is 12.7. The van der Waals surface area contributed by atoms with Crippen molar-refractivity contribution in [1.82, 2.24) is 10.2 Å². The van der Waals surface area contributed by atoms with E-state index in [1.165, 1.54) is 11.1 Å². The van der Waals surface area contributed by atoms with Crippen LogP contribution in [0.3, 0.4) is 0 Å². The molecular weight excluding hydrogens is 324 g/mol. The topological polar surface area (TPSA) is 41.6 Å². The minimum absolute atomic E-state index is 0.0712. The SMILES string of the molecule is C[C@@H]1CN(CC(=O)N[C@@H]2CCCc3ccccc32)Cc2ccccc2O1. The second kappa shape index (κ2) is 7.50. The van der Waals surface area contributed by atoms with E-state index in [4.69, 9.17) is 4.74 Å². The number of carbonyl (C=O) groups is 1. The largest absolute Gasteiger partial charge is 0.489 e. The van der Waals surface area contributed by atoms with Crippen LogP contribution in [0.1, 0.15) is 42.5 Å². The molecule has 1 amide bonds. The molecule has 0 unspecified atom stereocenters.